The van der Waals surface area contributed by atoms with Crippen LogP contribution in [0, 0.1) is 11.7 Å². The van der Waals surface area contributed by atoms with E-state index in [0.29, 0.717) is 19.7 Å². The third-order valence-corrected chi connectivity index (χ3v) is 3.19. The first-order valence-corrected chi connectivity index (χ1v) is 6.32. The van der Waals surface area contributed by atoms with Gasteiger partial charge in [-0.15, -0.1) is 0 Å². The highest BCUT2D eigenvalue weighted by molar-refractivity contribution is 5.73. The van der Waals surface area contributed by atoms with E-state index in [9.17, 15) is 9.18 Å². The molecule has 98 valence electrons. The van der Waals surface area contributed by atoms with Crippen LogP contribution in [0.3, 0.4) is 0 Å². The zero-order valence-corrected chi connectivity index (χ0v) is 10.6. The number of benzene rings is 1. The van der Waals surface area contributed by atoms with Gasteiger partial charge in [0.2, 0.25) is 0 Å². The number of halogens is 1. The van der Waals surface area contributed by atoms with Crippen LogP contribution in [0.25, 0.3) is 0 Å². The molecule has 2 rings (SSSR count). The molecule has 0 aliphatic carbocycles. The largest absolute Gasteiger partial charge is 0.466 e. The van der Waals surface area contributed by atoms with Crippen LogP contribution >= 0.6 is 0 Å². The lowest BCUT2D eigenvalue weighted by Crippen LogP contribution is -2.24. The maximum atomic E-state index is 13.1. The molecule has 1 aliphatic rings. The second-order valence-corrected chi connectivity index (χ2v) is 4.60. The average molecular weight is 251 g/mol. The highest BCUT2D eigenvalue weighted by Crippen LogP contribution is 2.20. The zero-order chi connectivity index (χ0) is 13.0. The molecule has 3 nitrogen and oxygen atoms in total. The number of ether oxygens (including phenoxy) is 1. The van der Waals surface area contributed by atoms with Crippen LogP contribution in [-0.2, 0) is 16.1 Å². The molecule has 1 heterocycles. The molecular formula is C14H18FNO2. The van der Waals surface area contributed by atoms with E-state index in [-0.39, 0.29) is 17.7 Å². The lowest BCUT2D eigenvalue weighted by atomic mass is 10.1. The van der Waals surface area contributed by atoms with E-state index in [1.165, 1.54) is 12.1 Å². The SMILES string of the molecule is CCOC(=O)C1CCN(Cc2cccc(F)c2)C1. The number of carbonyl (C=O) groups is 1. The number of hydrogen-bond donors (Lipinski definition) is 0. The number of rotatable bonds is 4. The Kier molecular flexibility index (Phi) is 4.31. The summed E-state index contributed by atoms with van der Waals surface area (Å²) in [6.45, 7) is 4.50. The molecule has 0 spiro atoms. The summed E-state index contributed by atoms with van der Waals surface area (Å²) >= 11 is 0. The molecule has 0 aromatic heterocycles. The van der Waals surface area contributed by atoms with Crippen molar-refractivity contribution in [2.45, 2.75) is 19.9 Å². The van der Waals surface area contributed by atoms with Crippen LogP contribution in [0.5, 0.6) is 0 Å². The van der Waals surface area contributed by atoms with E-state index in [0.717, 1.165) is 18.5 Å². The predicted octanol–water partition coefficient (Wildman–Crippen LogP) is 2.21. The number of carbonyl (C=O) groups excluding carboxylic acids is 1. The lowest BCUT2D eigenvalue weighted by Gasteiger charge is -2.15. The third kappa shape index (κ3) is 3.29. The third-order valence-electron chi connectivity index (χ3n) is 3.19. The predicted molar refractivity (Wildman–Crippen MR) is 66.4 cm³/mol. The van der Waals surface area contributed by atoms with Gasteiger partial charge in [0.15, 0.2) is 0 Å². The van der Waals surface area contributed by atoms with E-state index in [1.807, 2.05) is 13.0 Å². The van der Waals surface area contributed by atoms with Crippen molar-refractivity contribution >= 4 is 5.97 Å². The Labute approximate surface area is 107 Å². The van der Waals surface area contributed by atoms with E-state index in [2.05, 4.69) is 4.90 Å². The number of hydrogen-bond acceptors (Lipinski definition) is 3. The summed E-state index contributed by atoms with van der Waals surface area (Å²) < 4.78 is 18.1. The minimum absolute atomic E-state index is 0.0292. The summed E-state index contributed by atoms with van der Waals surface area (Å²) in [5.41, 5.74) is 0.944. The molecule has 1 atom stereocenters. The summed E-state index contributed by atoms with van der Waals surface area (Å²) in [6, 6.07) is 6.59. The van der Waals surface area contributed by atoms with Crippen molar-refractivity contribution < 1.29 is 13.9 Å². The monoisotopic (exact) mass is 251 g/mol. The van der Waals surface area contributed by atoms with Gasteiger partial charge < -0.3 is 4.74 Å². The standard InChI is InChI=1S/C14H18FNO2/c1-2-18-14(17)12-6-7-16(10-12)9-11-4-3-5-13(15)8-11/h3-5,8,12H,2,6-7,9-10H2,1H3. The maximum absolute atomic E-state index is 13.1. The van der Waals surface area contributed by atoms with Crippen molar-refractivity contribution in [2.24, 2.45) is 5.92 Å². The van der Waals surface area contributed by atoms with Gasteiger partial charge in [0.05, 0.1) is 12.5 Å². The second-order valence-electron chi connectivity index (χ2n) is 4.60. The summed E-state index contributed by atoms with van der Waals surface area (Å²) in [6.07, 6.45) is 0.828. The van der Waals surface area contributed by atoms with Crippen LogP contribution < -0.4 is 0 Å². The minimum atomic E-state index is -0.214. The van der Waals surface area contributed by atoms with E-state index < -0.39 is 0 Å². The van der Waals surface area contributed by atoms with Gasteiger partial charge in [-0.3, -0.25) is 9.69 Å². The smallest absolute Gasteiger partial charge is 0.310 e. The molecule has 0 saturated carbocycles. The first-order valence-electron chi connectivity index (χ1n) is 6.32. The molecule has 1 aromatic carbocycles. The highest BCUT2D eigenvalue weighted by atomic mass is 19.1. The molecule has 1 aliphatic heterocycles. The van der Waals surface area contributed by atoms with Gasteiger partial charge in [-0.2, -0.15) is 0 Å². The van der Waals surface area contributed by atoms with Crippen molar-refractivity contribution in [2.75, 3.05) is 19.7 Å². The lowest BCUT2D eigenvalue weighted by molar-refractivity contribution is -0.147. The van der Waals surface area contributed by atoms with Gasteiger partial charge in [-0.05, 0) is 37.6 Å². The van der Waals surface area contributed by atoms with Crippen molar-refractivity contribution in [3.8, 4) is 0 Å². The summed E-state index contributed by atoms with van der Waals surface area (Å²) in [5, 5.41) is 0. The topological polar surface area (TPSA) is 29.5 Å². The van der Waals surface area contributed by atoms with Crippen molar-refractivity contribution in [1.82, 2.24) is 4.90 Å². The Morgan fingerprint density at radius 1 is 1.56 bits per heavy atom. The molecule has 18 heavy (non-hydrogen) atoms. The van der Waals surface area contributed by atoms with E-state index >= 15 is 0 Å². The van der Waals surface area contributed by atoms with Crippen LogP contribution in [0.2, 0.25) is 0 Å². The molecule has 0 bridgehead atoms. The van der Waals surface area contributed by atoms with Crippen LogP contribution in [0.4, 0.5) is 4.39 Å². The molecule has 0 radical (unpaired) electrons. The molecular weight excluding hydrogens is 233 g/mol. The molecule has 1 unspecified atom stereocenters. The van der Waals surface area contributed by atoms with Gasteiger partial charge in [0.25, 0.3) is 0 Å². The number of likely N-dealkylation sites (tertiary alicyclic amines) is 1. The van der Waals surface area contributed by atoms with Crippen LogP contribution in [0.1, 0.15) is 18.9 Å². The van der Waals surface area contributed by atoms with Crippen LogP contribution in [-0.4, -0.2) is 30.6 Å². The Balaban J connectivity index is 1.88. The van der Waals surface area contributed by atoms with Gasteiger partial charge in [0.1, 0.15) is 5.82 Å². The normalized spacial score (nSPS) is 20.0. The second kappa shape index (κ2) is 5.96. The first-order chi connectivity index (χ1) is 8.69. The molecule has 0 amide bonds. The summed E-state index contributed by atoms with van der Waals surface area (Å²) in [7, 11) is 0. The maximum Gasteiger partial charge on any atom is 0.310 e. The van der Waals surface area contributed by atoms with Crippen molar-refractivity contribution in [3.05, 3.63) is 35.6 Å². The van der Waals surface area contributed by atoms with Gasteiger partial charge in [-0.1, -0.05) is 12.1 Å². The fraction of sp³-hybridized carbons (Fsp3) is 0.500. The molecule has 1 fully saturated rings. The summed E-state index contributed by atoms with van der Waals surface area (Å²) in [5.74, 6) is -0.355. The van der Waals surface area contributed by atoms with Gasteiger partial charge in [0, 0.05) is 13.1 Å². The van der Waals surface area contributed by atoms with Crippen LogP contribution in [0.15, 0.2) is 24.3 Å². The average Bonchev–Trinajstić information content (AvgIpc) is 2.78. The molecule has 4 heteroatoms. The molecule has 1 saturated heterocycles. The number of esters is 1. The van der Waals surface area contributed by atoms with Gasteiger partial charge >= 0.3 is 5.97 Å². The quantitative estimate of drug-likeness (QED) is 0.768. The first kappa shape index (κ1) is 13.0. The van der Waals surface area contributed by atoms with Crippen molar-refractivity contribution in [3.63, 3.8) is 0 Å². The molecule has 0 N–H and O–H groups in total. The fourth-order valence-electron chi connectivity index (χ4n) is 2.32. The highest BCUT2D eigenvalue weighted by Gasteiger charge is 2.29. The Hall–Kier alpha value is -1.42. The fourth-order valence-corrected chi connectivity index (χ4v) is 2.32. The van der Waals surface area contributed by atoms with Crippen molar-refractivity contribution in [1.29, 1.82) is 0 Å². The minimum Gasteiger partial charge on any atom is -0.466 e. The Bertz CT molecular complexity index is 422. The molecule has 1 aromatic rings. The Morgan fingerprint density at radius 3 is 3.11 bits per heavy atom. The summed E-state index contributed by atoms with van der Waals surface area (Å²) in [4.78, 5) is 13.8. The van der Waals surface area contributed by atoms with Gasteiger partial charge in [-0.25, -0.2) is 4.39 Å². The Morgan fingerprint density at radius 2 is 2.39 bits per heavy atom. The van der Waals surface area contributed by atoms with E-state index in [4.69, 9.17) is 4.74 Å². The zero-order valence-electron chi connectivity index (χ0n) is 10.6. The number of nitrogens with zero attached hydrogens (tertiary/aromatic N) is 1. The van der Waals surface area contributed by atoms with E-state index in [1.54, 1.807) is 6.07 Å².